The van der Waals surface area contributed by atoms with Gasteiger partial charge in [0.05, 0.1) is 11.3 Å². The summed E-state index contributed by atoms with van der Waals surface area (Å²) in [6.07, 6.45) is 4.30. The van der Waals surface area contributed by atoms with Gasteiger partial charge >= 0.3 is 0 Å². The van der Waals surface area contributed by atoms with Crippen molar-refractivity contribution >= 4 is 23.1 Å². The molecule has 0 N–H and O–H groups in total. The molecule has 1 aliphatic heterocycles. The number of hydrogen-bond acceptors (Lipinski definition) is 4. The molecule has 0 fully saturated rings. The van der Waals surface area contributed by atoms with Gasteiger partial charge in [0.25, 0.3) is 11.8 Å². The Morgan fingerprint density at radius 1 is 0.906 bits per heavy atom. The van der Waals surface area contributed by atoms with E-state index in [1.807, 2.05) is 68.1 Å². The van der Waals surface area contributed by atoms with Crippen molar-refractivity contribution in [3.63, 3.8) is 0 Å². The standard InChI is InChI=1S/C27H27N3O2/c1-4-29(17-14-21-12-15-28-16-13-21)25-24(23-11-10-19(2)18-20(23)3)26(31)30(27(25)32)22-8-6-5-7-9-22/h5-13,15-16,18H,4,14,17H2,1-3H3. The van der Waals surface area contributed by atoms with Gasteiger partial charge in [-0.15, -0.1) is 0 Å². The van der Waals surface area contributed by atoms with E-state index in [4.69, 9.17) is 0 Å². The van der Waals surface area contributed by atoms with Gasteiger partial charge in [0.2, 0.25) is 0 Å². The number of likely N-dealkylation sites (N-methyl/N-ethyl adjacent to an activating group) is 1. The number of carbonyl (C=O) groups is 2. The Morgan fingerprint density at radius 3 is 2.28 bits per heavy atom. The van der Waals surface area contributed by atoms with Gasteiger partial charge in [0.1, 0.15) is 5.70 Å². The Bertz CT molecular complexity index is 1170. The normalized spacial score (nSPS) is 13.8. The summed E-state index contributed by atoms with van der Waals surface area (Å²) in [5, 5.41) is 0. The molecule has 162 valence electrons. The first-order chi connectivity index (χ1) is 15.5. The van der Waals surface area contributed by atoms with Gasteiger partial charge in [-0.2, -0.15) is 0 Å². The summed E-state index contributed by atoms with van der Waals surface area (Å²) in [5.41, 5.74) is 5.60. The second kappa shape index (κ2) is 9.18. The highest BCUT2D eigenvalue weighted by Crippen LogP contribution is 2.36. The number of rotatable bonds is 7. The van der Waals surface area contributed by atoms with Gasteiger partial charge in [0.15, 0.2) is 0 Å². The van der Waals surface area contributed by atoms with Crippen molar-refractivity contribution < 1.29 is 9.59 Å². The minimum Gasteiger partial charge on any atom is -0.366 e. The molecule has 2 amide bonds. The van der Waals surface area contributed by atoms with Gasteiger partial charge in [0, 0.05) is 25.5 Å². The number of anilines is 1. The monoisotopic (exact) mass is 425 g/mol. The molecule has 0 saturated heterocycles. The number of aryl methyl sites for hydroxylation is 2. The van der Waals surface area contributed by atoms with E-state index in [9.17, 15) is 9.59 Å². The molecule has 5 nitrogen and oxygen atoms in total. The molecule has 1 aliphatic rings. The number of carbonyl (C=O) groups excluding carboxylic acids is 2. The second-order valence-corrected chi connectivity index (χ2v) is 8.01. The van der Waals surface area contributed by atoms with E-state index in [0.717, 1.165) is 28.7 Å². The molecular weight excluding hydrogens is 398 g/mol. The summed E-state index contributed by atoms with van der Waals surface area (Å²) in [6.45, 7) is 7.28. The molecule has 3 aromatic rings. The summed E-state index contributed by atoms with van der Waals surface area (Å²) in [4.78, 5) is 34.8. The van der Waals surface area contributed by atoms with Crippen LogP contribution in [0.2, 0.25) is 0 Å². The number of amides is 2. The Kier molecular flexibility index (Phi) is 6.17. The summed E-state index contributed by atoms with van der Waals surface area (Å²) < 4.78 is 0. The molecule has 32 heavy (non-hydrogen) atoms. The van der Waals surface area contributed by atoms with Gasteiger partial charge in [-0.05, 0) is 68.1 Å². The highest BCUT2D eigenvalue weighted by molar-refractivity contribution is 6.45. The van der Waals surface area contributed by atoms with Crippen LogP contribution in [0, 0.1) is 13.8 Å². The molecule has 1 aromatic heterocycles. The van der Waals surface area contributed by atoms with Crippen LogP contribution >= 0.6 is 0 Å². The lowest BCUT2D eigenvalue weighted by atomic mass is 9.97. The fourth-order valence-corrected chi connectivity index (χ4v) is 4.20. The van der Waals surface area contributed by atoms with Gasteiger partial charge in [-0.25, -0.2) is 4.90 Å². The largest absolute Gasteiger partial charge is 0.366 e. The zero-order chi connectivity index (χ0) is 22.7. The van der Waals surface area contributed by atoms with E-state index in [1.54, 1.807) is 24.5 Å². The molecule has 0 radical (unpaired) electrons. The minimum atomic E-state index is -0.273. The Labute approximate surface area is 189 Å². The molecule has 2 heterocycles. The fraction of sp³-hybridized carbons (Fsp3) is 0.222. The third-order valence-corrected chi connectivity index (χ3v) is 5.84. The summed E-state index contributed by atoms with van der Waals surface area (Å²) in [5.74, 6) is -0.543. The molecule has 0 aliphatic carbocycles. The predicted molar refractivity (Wildman–Crippen MR) is 127 cm³/mol. The number of nitrogens with zero attached hydrogens (tertiary/aromatic N) is 3. The number of aromatic nitrogens is 1. The minimum absolute atomic E-state index is 0.271. The van der Waals surface area contributed by atoms with Crippen LogP contribution in [0.4, 0.5) is 5.69 Å². The number of pyridine rings is 1. The second-order valence-electron chi connectivity index (χ2n) is 8.01. The van der Waals surface area contributed by atoms with Crippen LogP contribution in [0.5, 0.6) is 0 Å². The number of hydrogen-bond donors (Lipinski definition) is 0. The van der Waals surface area contributed by atoms with Gasteiger partial charge in [-0.1, -0.05) is 42.0 Å². The van der Waals surface area contributed by atoms with Gasteiger partial charge in [-0.3, -0.25) is 14.6 Å². The SMILES string of the molecule is CCN(CCc1ccncc1)C1=C(c2ccc(C)cc2C)C(=O)N(c2ccccc2)C1=O. The van der Waals surface area contributed by atoms with E-state index in [1.165, 1.54) is 4.90 Å². The highest BCUT2D eigenvalue weighted by atomic mass is 16.2. The van der Waals surface area contributed by atoms with Crippen molar-refractivity contribution in [3.8, 4) is 0 Å². The Balaban J connectivity index is 1.79. The van der Waals surface area contributed by atoms with E-state index >= 15 is 0 Å². The Hall–Kier alpha value is -3.73. The quantitative estimate of drug-likeness (QED) is 0.521. The molecular formula is C27H27N3O2. The van der Waals surface area contributed by atoms with Crippen LogP contribution in [0.3, 0.4) is 0 Å². The molecule has 0 unspecified atom stereocenters. The van der Waals surface area contributed by atoms with Crippen molar-refractivity contribution in [2.75, 3.05) is 18.0 Å². The van der Waals surface area contributed by atoms with Crippen molar-refractivity contribution in [1.29, 1.82) is 0 Å². The molecule has 5 heteroatoms. The predicted octanol–water partition coefficient (Wildman–Crippen LogP) is 4.55. The Morgan fingerprint density at radius 2 is 1.62 bits per heavy atom. The zero-order valence-corrected chi connectivity index (χ0v) is 18.7. The van der Waals surface area contributed by atoms with Crippen molar-refractivity contribution in [1.82, 2.24) is 9.88 Å². The van der Waals surface area contributed by atoms with E-state index in [0.29, 0.717) is 30.0 Å². The summed E-state index contributed by atoms with van der Waals surface area (Å²) in [7, 11) is 0. The van der Waals surface area contributed by atoms with Crippen molar-refractivity contribution in [2.24, 2.45) is 0 Å². The van der Waals surface area contributed by atoms with Crippen LogP contribution in [-0.2, 0) is 16.0 Å². The average Bonchev–Trinajstić information content (AvgIpc) is 3.06. The summed E-state index contributed by atoms with van der Waals surface area (Å²) in [6, 6.07) is 19.1. The molecule has 2 aromatic carbocycles. The first kappa shape index (κ1) is 21.5. The fourth-order valence-electron chi connectivity index (χ4n) is 4.20. The van der Waals surface area contributed by atoms with E-state index < -0.39 is 0 Å². The lowest BCUT2D eigenvalue weighted by molar-refractivity contribution is -0.120. The van der Waals surface area contributed by atoms with Crippen LogP contribution < -0.4 is 4.90 Å². The van der Waals surface area contributed by atoms with Crippen molar-refractivity contribution in [2.45, 2.75) is 27.2 Å². The molecule has 4 rings (SSSR count). The van der Waals surface area contributed by atoms with E-state index in [-0.39, 0.29) is 11.8 Å². The third kappa shape index (κ3) is 4.06. The molecule has 0 bridgehead atoms. The maximum absolute atomic E-state index is 13.7. The average molecular weight is 426 g/mol. The topological polar surface area (TPSA) is 53.5 Å². The first-order valence-corrected chi connectivity index (χ1v) is 10.9. The molecule has 0 spiro atoms. The van der Waals surface area contributed by atoms with Crippen LogP contribution in [-0.4, -0.2) is 34.8 Å². The molecule has 0 saturated carbocycles. The maximum Gasteiger partial charge on any atom is 0.282 e. The molecule has 0 atom stereocenters. The maximum atomic E-state index is 13.7. The van der Waals surface area contributed by atoms with Crippen molar-refractivity contribution in [3.05, 3.63) is 101 Å². The van der Waals surface area contributed by atoms with E-state index in [2.05, 4.69) is 11.1 Å². The van der Waals surface area contributed by atoms with Crippen LogP contribution in [0.15, 0.2) is 78.8 Å². The zero-order valence-electron chi connectivity index (χ0n) is 18.7. The highest BCUT2D eigenvalue weighted by Gasteiger charge is 2.42. The third-order valence-electron chi connectivity index (χ3n) is 5.84. The van der Waals surface area contributed by atoms with Crippen LogP contribution in [0.1, 0.15) is 29.2 Å². The summed E-state index contributed by atoms with van der Waals surface area (Å²) >= 11 is 0. The smallest absolute Gasteiger partial charge is 0.282 e. The lowest BCUT2D eigenvalue weighted by Gasteiger charge is -2.25. The van der Waals surface area contributed by atoms with Crippen LogP contribution in [0.25, 0.3) is 5.57 Å². The first-order valence-electron chi connectivity index (χ1n) is 10.9. The number of para-hydroxylation sites is 1. The number of benzene rings is 2. The van der Waals surface area contributed by atoms with Gasteiger partial charge < -0.3 is 4.90 Å². The number of imide groups is 1. The lowest BCUT2D eigenvalue weighted by Crippen LogP contribution is -2.36.